The number of carbonyl (C=O) groups is 2. The molecule has 368 valence electrons. The number of carbonyl (C=O) groups excluding carboxylic acids is 2. The Morgan fingerprint density at radius 3 is 2.01 bits per heavy atom. The van der Waals surface area contributed by atoms with Gasteiger partial charge in [0.15, 0.2) is 23.0 Å². The third kappa shape index (κ3) is 10.7. The largest absolute Gasteiger partial charge is 0.493 e. The predicted molar refractivity (Wildman–Crippen MR) is 280 cm³/mol. The SMILES string of the molecule is COCCOCCOCCN(CC(C)(C)SSC)c1cc(COc2cc3c(cc2OC)C(=O)N2c4ccccc4C[C@H]2C=N3)cc(COc2cc3c(cc2OC)C(=O)N2c4ccccc4CC2CN3)c1. The number of hydrogen-bond acceptors (Lipinski definition) is 14. The smallest absolute Gasteiger partial charge is 0.261 e. The quantitative estimate of drug-likeness (QED) is 0.0522. The Morgan fingerprint density at radius 1 is 0.714 bits per heavy atom. The van der Waals surface area contributed by atoms with Crippen LogP contribution in [0.2, 0.25) is 0 Å². The summed E-state index contributed by atoms with van der Waals surface area (Å²) in [6, 6.07) is 29.5. The molecule has 1 unspecified atom stereocenters. The van der Waals surface area contributed by atoms with E-state index < -0.39 is 0 Å². The number of para-hydroxylation sites is 2. The van der Waals surface area contributed by atoms with E-state index in [0.717, 1.165) is 46.7 Å². The van der Waals surface area contributed by atoms with Crippen molar-refractivity contribution < 1.29 is 42.7 Å². The zero-order valence-corrected chi connectivity index (χ0v) is 42.3. The normalized spacial score (nSPS) is 16.5. The van der Waals surface area contributed by atoms with Crippen molar-refractivity contribution >= 4 is 68.1 Å². The van der Waals surface area contributed by atoms with E-state index in [2.05, 4.69) is 60.7 Å². The molecule has 70 heavy (non-hydrogen) atoms. The molecule has 0 saturated heterocycles. The van der Waals surface area contributed by atoms with E-state index in [1.807, 2.05) is 69.3 Å². The van der Waals surface area contributed by atoms with Gasteiger partial charge in [0.2, 0.25) is 0 Å². The molecule has 5 aromatic rings. The Labute approximate surface area is 418 Å². The van der Waals surface area contributed by atoms with Crippen LogP contribution in [-0.4, -0.2) is 115 Å². The van der Waals surface area contributed by atoms with Crippen molar-refractivity contribution in [3.8, 4) is 23.0 Å². The lowest BCUT2D eigenvalue weighted by molar-refractivity contribution is 0.0264. The molecule has 0 spiro atoms. The minimum atomic E-state index is -0.182. The number of hydrogen-bond donors (Lipinski definition) is 1. The topological polar surface area (TPSA) is 133 Å². The molecule has 4 aliphatic heterocycles. The highest BCUT2D eigenvalue weighted by molar-refractivity contribution is 8.77. The van der Waals surface area contributed by atoms with E-state index in [-0.39, 0.29) is 41.9 Å². The summed E-state index contributed by atoms with van der Waals surface area (Å²) in [6.45, 7) is 9.29. The fourth-order valence-corrected chi connectivity index (χ4v) is 11.8. The van der Waals surface area contributed by atoms with E-state index in [4.69, 9.17) is 38.2 Å². The van der Waals surface area contributed by atoms with Gasteiger partial charge in [-0.1, -0.05) is 58.0 Å². The number of amides is 2. The van der Waals surface area contributed by atoms with Gasteiger partial charge in [0.05, 0.1) is 81.8 Å². The number of nitrogens with one attached hydrogen (secondary N) is 1. The molecule has 14 nitrogen and oxygen atoms in total. The maximum absolute atomic E-state index is 14.2. The van der Waals surface area contributed by atoms with E-state index in [0.29, 0.717) is 98.0 Å². The lowest BCUT2D eigenvalue weighted by atomic mass is 10.1. The van der Waals surface area contributed by atoms with Crippen LogP contribution in [0.25, 0.3) is 0 Å². The number of ether oxygens (including phenoxy) is 7. The highest BCUT2D eigenvalue weighted by Gasteiger charge is 2.39. The van der Waals surface area contributed by atoms with Crippen LogP contribution in [0.5, 0.6) is 23.0 Å². The standard InChI is InChI=1S/C54H61N5O9S2/c1-54(2,70-69-6)34-57(15-16-65-19-20-66-18-17-62-3)39-22-35(32-67-50-28-44-42(26-48(50)63-4)52(60)58-40(30-55-44)24-37-11-7-9-13-46(37)58)21-36(23-39)33-68-51-29-45-43(27-49(51)64-5)53(61)59-41(31-56-45)25-38-12-8-10-14-47(38)59/h7-14,21-23,26-30,40-41,56H,15-20,24-25,31-34H2,1-6H3/t40-,41?/m0/s1. The van der Waals surface area contributed by atoms with Crippen molar-refractivity contribution in [1.29, 1.82) is 0 Å². The van der Waals surface area contributed by atoms with Crippen molar-refractivity contribution in [1.82, 2.24) is 0 Å². The maximum Gasteiger partial charge on any atom is 0.261 e. The van der Waals surface area contributed by atoms with Crippen LogP contribution in [0.3, 0.4) is 0 Å². The fraction of sp³-hybridized carbons (Fsp3) is 0.389. The summed E-state index contributed by atoms with van der Waals surface area (Å²) in [6.07, 6.45) is 5.44. The molecule has 2 amide bonds. The van der Waals surface area contributed by atoms with Gasteiger partial charge in [-0.25, -0.2) is 0 Å². The Morgan fingerprint density at radius 2 is 1.33 bits per heavy atom. The van der Waals surface area contributed by atoms with E-state index in [9.17, 15) is 9.59 Å². The summed E-state index contributed by atoms with van der Waals surface area (Å²) < 4.78 is 41.8. The second-order valence-corrected chi connectivity index (χ2v) is 21.3. The van der Waals surface area contributed by atoms with Gasteiger partial charge in [0.1, 0.15) is 13.2 Å². The van der Waals surface area contributed by atoms with Gasteiger partial charge in [-0.15, -0.1) is 0 Å². The van der Waals surface area contributed by atoms with Gasteiger partial charge in [-0.2, -0.15) is 0 Å². The van der Waals surface area contributed by atoms with Crippen molar-refractivity contribution in [3.63, 3.8) is 0 Å². The average Bonchev–Trinajstić information content (AvgIpc) is 3.86. The summed E-state index contributed by atoms with van der Waals surface area (Å²) in [4.78, 5) is 39.3. The predicted octanol–water partition coefficient (Wildman–Crippen LogP) is 9.42. The first-order valence-corrected chi connectivity index (χ1v) is 26.2. The first kappa shape index (κ1) is 49.1. The summed E-state index contributed by atoms with van der Waals surface area (Å²) in [5, 5.41) is 3.55. The number of methoxy groups -OCH3 is 3. The van der Waals surface area contributed by atoms with Gasteiger partial charge in [0.25, 0.3) is 11.8 Å². The summed E-state index contributed by atoms with van der Waals surface area (Å²) >= 11 is 0. The first-order valence-electron chi connectivity index (χ1n) is 23.6. The van der Waals surface area contributed by atoms with Gasteiger partial charge in [-0.3, -0.25) is 19.5 Å². The van der Waals surface area contributed by atoms with Crippen molar-refractivity contribution in [2.24, 2.45) is 4.99 Å². The molecule has 4 aliphatic rings. The van der Waals surface area contributed by atoms with Gasteiger partial charge in [0, 0.05) is 73.3 Å². The van der Waals surface area contributed by atoms with Crippen LogP contribution in [-0.2, 0) is 40.3 Å². The molecule has 0 aliphatic carbocycles. The van der Waals surface area contributed by atoms with Crippen molar-refractivity contribution in [3.05, 3.63) is 124 Å². The van der Waals surface area contributed by atoms with Crippen LogP contribution in [0.15, 0.2) is 96.0 Å². The second kappa shape index (κ2) is 22.0. The van der Waals surface area contributed by atoms with Gasteiger partial charge in [-0.05, 0) is 91.2 Å². The fourth-order valence-electron chi connectivity index (χ4n) is 9.67. The van der Waals surface area contributed by atoms with Crippen LogP contribution in [0, 0.1) is 0 Å². The zero-order valence-electron chi connectivity index (χ0n) is 40.7. The van der Waals surface area contributed by atoms with Crippen LogP contribution in [0.4, 0.5) is 28.4 Å². The number of fused-ring (bicyclic) bond motifs is 8. The molecule has 9 rings (SSSR count). The molecular formula is C54H61N5O9S2. The minimum Gasteiger partial charge on any atom is -0.493 e. The maximum atomic E-state index is 14.2. The summed E-state index contributed by atoms with van der Waals surface area (Å²) in [7, 11) is 8.39. The van der Waals surface area contributed by atoms with Gasteiger partial charge >= 0.3 is 0 Å². The lowest BCUT2D eigenvalue weighted by Crippen LogP contribution is -2.39. The van der Waals surface area contributed by atoms with Crippen molar-refractivity contribution in [2.75, 3.05) is 100 Å². The Kier molecular flexibility index (Phi) is 15.4. The molecule has 16 heteroatoms. The van der Waals surface area contributed by atoms with E-state index in [1.54, 1.807) is 50.3 Å². The average molecular weight is 988 g/mol. The lowest BCUT2D eigenvalue weighted by Gasteiger charge is -2.34. The molecule has 0 aromatic heterocycles. The molecule has 0 radical (unpaired) electrons. The number of rotatable bonds is 22. The van der Waals surface area contributed by atoms with Crippen molar-refractivity contribution in [2.45, 2.75) is 56.7 Å². The van der Waals surface area contributed by atoms with Crippen LogP contribution in [0.1, 0.15) is 56.8 Å². The minimum absolute atomic E-state index is 0.00483. The molecule has 5 aromatic carbocycles. The Hall–Kier alpha value is -5.91. The third-order valence-corrected chi connectivity index (χ3v) is 15.5. The molecule has 0 bridgehead atoms. The third-order valence-electron chi connectivity index (χ3n) is 12.9. The molecular weight excluding hydrogens is 927 g/mol. The monoisotopic (exact) mass is 987 g/mol. The van der Waals surface area contributed by atoms with Crippen LogP contribution < -0.4 is 39.0 Å². The molecule has 0 saturated carbocycles. The first-order chi connectivity index (χ1) is 34.1. The van der Waals surface area contributed by atoms with Crippen LogP contribution >= 0.6 is 21.6 Å². The molecule has 1 N–H and O–H groups in total. The number of benzene rings is 5. The summed E-state index contributed by atoms with van der Waals surface area (Å²) in [5.74, 6) is 1.67. The Balaban J connectivity index is 1.000. The highest BCUT2D eigenvalue weighted by Crippen LogP contribution is 2.43. The highest BCUT2D eigenvalue weighted by atomic mass is 33.1. The molecule has 0 fully saturated rings. The molecule has 4 heterocycles. The Bertz CT molecular complexity index is 2730. The second-order valence-electron chi connectivity index (χ2n) is 18.2. The van der Waals surface area contributed by atoms with E-state index >= 15 is 0 Å². The number of nitrogens with zero attached hydrogens (tertiary/aromatic N) is 4. The molecule has 2 atom stereocenters. The summed E-state index contributed by atoms with van der Waals surface area (Å²) in [5.41, 5.74) is 9.10. The van der Waals surface area contributed by atoms with E-state index in [1.165, 1.54) is 5.56 Å². The van der Waals surface area contributed by atoms with Gasteiger partial charge < -0.3 is 48.3 Å². The number of anilines is 4. The zero-order chi connectivity index (χ0) is 48.8. The number of aliphatic imine (C=N–C) groups is 1.